The van der Waals surface area contributed by atoms with E-state index in [-0.39, 0.29) is 5.16 Å². The van der Waals surface area contributed by atoms with E-state index in [4.69, 9.17) is 0 Å². The van der Waals surface area contributed by atoms with Gasteiger partial charge in [-0.3, -0.25) is 0 Å². The summed E-state index contributed by atoms with van der Waals surface area (Å²) in [6, 6.07) is 0.330. The average molecular weight is 306 g/mol. The Kier molecular flexibility index (Phi) is 2.67. The molecule has 4 rings (SSSR count). The van der Waals surface area contributed by atoms with Crippen LogP contribution in [0.1, 0.15) is 44.6 Å². The summed E-state index contributed by atoms with van der Waals surface area (Å²) < 4.78 is 25.2. The van der Waals surface area contributed by atoms with Crippen LogP contribution in [-0.4, -0.2) is 34.4 Å². The number of nitrogens with zero attached hydrogens (tertiary/aromatic N) is 4. The summed E-state index contributed by atoms with van der Waals surface area (Å²) in [7, 11) is -3.39. The van der Waals surface area contributed by atoms with Gasteiger partial charge in [0.2, 0.25) is 15.0 Å². The Morgan fingerprint density at radius 2 is 1.90 bits per heavy atom. The van der Waals surface area contributed by atoms with Crippen molar-refractivity contribution < 1.29 is 8.42 Å². The highest BCUT2D eigenvalue weighted by atomic mass is 32.2. The molecule has 0 unspecified atom stereocenters. The van der Waals surface area contributed by atoms with Gasteiger partial charge < -0.3 is 0 Å². The second kappa shape index (κ2) is 4.25. The number of sulfone groups is 1. The predicted octanol–water partition coefficient (Wildman–Crippen LogP) is 2.13. The summed E-state index contributed by atoms with van der Waals surface area (Å²) in [5.74, 6) is 0. The molecule has 2 saturated carbocycles. The molecule has 0 saturated heterocycles. The Morgan fingerprint density at radius 1 is 1.19 bits per heavy atom. The van der Waals surface area contributed by atoms with Crippen molar-refractivity contribution in [2.75, 3.05) is 6.26 Å². The molecule has 0 bridgehead atoms. The molecule has 2 aliphatic carbocycles. The van der Waals surface area contributed by atoms with Crippen LogP contribution in [0.4, 0.5) is 0 Å². The average Bonchev–Trinajstić information content (AvgIpc) is 3.06. The van der Waals surface area contributed by atoms with Crippen molar-refractivity contribution in [1.29, 1.82) is 0 Å². The maximum Gasteiger partial charge on any atom is 0.248 e. The lowest BCUT2D eigenvalue weighted by molar-refractivity contribution is 0.248. The minimum Gasteiger partial charge on any atom is -0.244 e. The fourth-order valence-corrected chi connectivity index (χ4v) is 3.90. The van der Waals surface area contributed by atoms with E-state index in [2.05, 4.69) is 15.1 Å². The summed E-state index contributed by atoms with van der Waals surface area (Å²) in [6.07, 6.45) is 11.9. The highest BCUT2D eigenvalue weighted by molar-refractivity contribution is 7.90. The molecule has 1 spiro atoms. The van der Waals surface area contributed by atoms with Crippen LogP contribution in [0.15, 0.2) is 17.6 Å². The molecular formula is C14H18N4O2S. The molecule has 0 aliphatic heterocycles. The fourth-order valence-electron chi connectivity index (χ4n) is 3.40. The van der Waals surface area contributed by atoms with E-state index in [0.29, 0.717) is 17.1 Å². The number of hydrogen-bond acceptors (Lipinski definition) is 5. The molecule has 2 aliphatic rings. The zero-order valence-corrected chi connectivity index (χ0v) is 12.8. The van der Waals surface area contributed by atoms with Gasteiger partial charge in [0, 0.05) is 12.5 Å². The van der Waals surface area contributed by atoms with Crippen molar-refractivity contribution in [2.45, 2.75) is 49.7 Å². The van der Waals surface area contributed by atoms with Crippen molar-refractivity contribution in [2.24, 2.45) is 5.41 Å². The Morgan fingerprint density at radius 3 is 2.52 bits per heavy atom. The molecule has 6 nitrogen and oxygen atoms in total. The molecule has 2 aromatic rings. The molecule has 0 atom stereocenters. The van der Waals surface area contributed by atoms with Gasteiger partial charge in [-0.05, 0) is 43.9 Å². The zero-order valence-electron chi connectivity index (χ0n) is 12.0. The lowest BCUT2D eigenvalue weighted by Crippen LogP contribution is -2.20. The van der Waals surface area contributed by atoms with Crippen LogP contribution in [0.25, 0.3) is 11.0 Å². The second-order valence-corrected chi connectivity index (χ2v) is 8.43. The minimum atomic E-state index is -3.39. The lowest BCUT2D eigenvalue weighted by Gasteiger charge is -2.28. The summed E-state index contributed by atoms with van der Waals surface area (Å²) in [4.78, 5) is 8.15. The standard InChI is InChI=1S/C14H18N4O2S/c1-21(19,20)13-15-8-10-9-16-18(12(10)17-13)11-2-4-14(5-3-11)6-7-14/h8-9,11H,2-7H2,1H3. The van der Waals surface area contributed by atoms with Crippen LogP contribution in [-0.2, 0) is 9.84 Å². The Labute approximate surface area is 123 Å². The Hall–Kier alpha value is -1.50. The third-order valence-electron chi connectivity index (χ3n) is 4.96. The topological polar surface area (TPSA) is 77.7 Å². The lowest BCUT2D eigenvalue weighted by atomic mass is 9.83. The molecule has 2 fully saturated rings. The highest BCUT2D eigenvalue weighted by Crippen LogP contribution is 2.57. The summed E-state index contributed by atoms with van der Waals surface area (Å²) >= 11 is 0. The number of rotatable bonds is 2. The van der Waals surface area contributed by atoms with Crippen LogP contribution in [0.3, 0.4) is 0 Å². The van der Waals surface area contributed by atoms with Crippen LogP contribution in [0.2, 0.25) is 0 Å². The first-order valence-electron chi connectivity index (χ1n) is 7.37. The van der Waals surface area contributed by atoms with Gasteiger partial charge >= 0.3 is 0 Å². The quantitative estimate of drug-likeness (QED) is 0.794. The van der Waals surface area contributed by atoms with Crippen molar-refractivity contribution in [3.05, 3.63) is 12.4 Å². The predicted molar refractivity (Wildman–Crippen MR) is 77.6 cm³/mol. The van der Waals surface area contributed by atoms with Gasteiger partial charge in [-0.2, -0.15) is 10.1 Å². The first-order valence-corrected chi connectivity index (χ1v) is 9.26. The number of hydrogen-bond donors (Lipinski definition) is 0. The van der Waals surface area contributed by atoms with Gasteiger partial charge in [0.25, 0.3) is 0 Å². The van der Waals surface area contributed by atoms with E-state index in [1.807, 2.05) is 4.68 Å². The van der Waals surface area contributed by atoms with E-state index < -0.39 is 9.84 Å². The van der Waals surface area contributed by atoms with Gasteiger partial charge in [-0.25, -0.2) is 18.1 Å². The molecule has 2 heterocycles. The molecule has 0 aromatic carbocycles. The SMILES string of the molecule is CS(=O)(=O)c1ncc2cnn(C3CCC4(CC3)CC4)c2n1. The van der Waals surface area contributed by atoms with Crippen LogP contribution in [0.5, 0.6) is 0 Å². The van der Waals surface area contributed by atoms with Gasteiger partial charge in [-0.15, -0.1) is 0 Å². The fraction of sp³-hybridized carbons (Fsp3) is 0.643. The normalized spacial score (nSPS) is 22.0. The van der Waals surface area contributed by atoms with Gasteiger partial charge in [-0.1, -0.05) is 0 Å². The van der Waals surface area contributed by atoms with Gasteiger partial charge in [0.1, 0.15) is 0 Å². The van der Waals surface area contributed by atoms with E-state index >= 15 is 0 Å². The van der Waals surface area contributed by atoms with Crippen molar-refractivity contribution in [3.63, 3.8) is 0 Å². The maximum absolute atomic E-state index is 11.6. The molecule has 7 heteroatoms. The van der Waals surface area contributed by atoms with Crippen LogP contribution >= 0.6 is 0 Å². The Balaban J connectivity index is 1.71. The zero-order chi connectivity index (χ0) is 14.7. The monoisotopic (exact) mass is 306 g/mol. The number of aromatic nitrogens is 4. The largest absolute Gasteiger partial charge is 0.248 e. The molecule has 2 aromatic heterocycles. The maximum atomic E-state index is 11.6. The van der Waals surface area contributed by atoms with Gasteiger partial charge in [0.05, 0.1) is 17.6 Å². The van der Waals surface area contributed by atoms with E-state index in [9.17, 15) is 8.42 Å². The minimum absolute atomic E-state index is 0.119. The van der Waals surface area contributed by atoms with Gasteiger partial charge in [0.15, 0.2) is 5.65 Å². The highest BCUT2D eigenvalue weighted by Gasteiger charge is 2.45. The molecule has 0 N–H and O–H groups in total. The molecule has 0 radical (unpaired) electrons. The first kappa shape index (κ1) is 13.2. The van der Waals surface area contributed by atoms with Crippen LogP contribution in [0, 0.1) is 5.41 Å². The smallest absolute Gasteiger partial charge is 0.244 e. The molecule has 0 amide bonds. The summed E-state index contributed by atoms with van der Waals surface area (Å²) in [6.45, 7) is 0. The summed E-state index contributed by atoms with van der Waals surface area (Å²) in [5, 5.41) is 5.11. The molecule has 112 valence electrons. The second-order valence-electron chi connectivity index (χ2n) is 6.52. The van der Waals surface area contributed by atoms with E-state index in [1.54, 1.807) is 12.4 Å². The first-order chi connectivity index (χ1) is 9.97. The van der Waals surface area contributed by atoms with E-state index in [0.717, 1.165) is 24.5 Å². The van der Waals surface area contributed by atoms with Crippen molar-refractivity contribution in [1.82, 2.24) is 19.7 Å². The summed E-state index contributed by atoms with van der Waals surface area (Å²) in [5.41, 5.74) is 1.27. The third kappa shape index (κ3) is 2.23. The Bertz CT molecular complexity index is 797. The van der Waals surface area contributed by atoms with Crippen LogP contribution < -0.4 is 0 Å². The van der Waals surface area contributed by atoms with E-state index in [1.165, 1.54) is 25.7 Å². The molecular weight excluding hydrogens is 288 g/mol. The van der Waals surface area contributed by atoms with Crippen molar-refractivity contribution in [3.8, 4) is 0 Å². The third-order valence-corrected chi connectivity index (χ3v) is 5.82. The molecule has 21 heavy (non-hydrogen) atoms. The van der Waals surface area contributed by atoms with Crippen molar-refractivity contribution >= 4 is 20.9 Å². The number of fused-ring (bicyclic) bond motifs is 1.